The number of fused-ring (bicyclic) bond motifs is 2. The third-order valence-electron chi connectivity index (χ3n) is 5.90. The van der Waals surface area contributed by atoms with Crippen molar-refractivity contribution in [3.05, 3.63) is 35.4 Å². The molecule has 2 aliphatic carbocycles. The smallest absolute Gasteiger partial charge is 0.0208 e. The molecular weight excluding hydrogens is 230 g/mol. The van der Waals surface area contributed by atoms with Crippen LogP contribution in [0.1, 0.15) is 51.2 Å². The van der Waals surface area contributed by atoms with Crippen LogP contribution in [0.15, 0.2) is 24.3 Å². The highest BCUT2D eigenvalue weighted by Gasteiger charge is 2.58. The molecule has 1 aromatic carbocycles. The molecule has 1 heteroatoms. The molecule has 3 atom stereocenters. The fraction of sp³-hybridized carbons (Fsp3) is 0.667. The van der Waals surface area contributed by atoms with E-state index in [0.717, 1.165) is 12.5 Å². The summed E-state index contributed by atoms with van der Waals surface area (Å²) in [7, 11) is 0. The molecule has 0 saturated heterocycles. The minimum absolute atomic E-state index is 0.456. The molecule has 1 N–H and O–H groups in total. The molecule has 0 radical (unpaired) electrons. The predicted molar refractivity (Wildman–Crippen MR) is 81.0 cm³/mol. The van der Waals surface area contributed by atoms with Gasteiger partial charge in [-0.05, 0) is 48.5 Å². The third kappa shape index (κ3) is 2.12. The summed E-state index contributed by atoms with van der Waals surface area (Å²) in [6.07, 6.45) is 4.27. The Kier molecular flexibility index (Phi) is 3.01. The fourth-order valence-corrected chi connectivity index (χ4v) is 4.74. The zero-order valence-electron chi connectivity index (χ0n) is 12.8. The van der Waals surface area contributed by atoms with Crippen LogP contribution >= 0.6 is 0 Å². The van der Waals surface area contributed by atoms with Gasteiger partial charge in [-0.15, -0.1) is 0 Å². The molecule has 19 heavy (non-hydrogen) atoms. The summed E-state index contributed by atoms with van der Waals surface area (Å²) in [5.41, 5.74) is 3.74. The Morgan fingerprint density at radius 1 is 1.16 bits per heavy atom. The summed E-state index contributed by atoms with van der Waals surface area (Å²) in [6, 6.07) is 9.60. The Hall–Kier alpha value is -0.820. The van der Waals surface area contributed by atoms with Crippen molar-refractivity contribution in [2.75, 3.05) is 0 Å². The van der Waals surface area contributed by atoms with Gasteiger partial charge in [-0.3, -0.25) is 0 Å². The van der Waals surface area contributed by atoms with Crippen LogP contribution in [0.5, 0.6) is 0 Å². The molecule has 2 saturated carbocycles. The van der Waals surface area contributed by atoms with E-state index in [4.69, 9.17) is 0 Å². The minimum Gasteiger partial charge on any atom is -0.309 e. The van der Waals surface area contributed by atoms with E-state index in [1.165, 1.54) is 30.4 Å². The van der Waals surface area contributed by atoms with Crippen LogP contribution in [0, 0.1) is 23.7 Å². The van der Waals surface area contributed by atoms with Crippen LogP contribution < -0.4 is 5.32 Å². The van der Waals surface area contributed by atoms with Gasteiger partial charge < -0.3 is 5.32 Å². The number of aryl methyl sites for hydroxylation is 1. The van der Waals surface area contributed by atoms with E-state index in [1.807, 2.05) is 0 Å². The van der Waals surface area contributed by atoms with Gasteiger partial charge in [-0.25, -0.2) is 0 Å². The maximum Gasteiger partial charge on any atom is 0.0208 e. The molecule has 0 heterocycles. The fourth-order valence-electron chi connectivity index (χ4n) is 4.74. The molecule has 0 aromatic heterocycles. The lowest BCUT2D eigenvalue weighted by atomic mass is 9.68. The Labute approximate surface area is 117 Å². The molecule has 3 unspecified atom stereocenters. The Balaban J connectivity index is 1.71. The van der Waals surface area contributed by atoms with Crippen LogP contribution in [0.25, 0.3) is 0 Å². The number of hydrogen-bond acceptors (Lipinski definition) is 1. The molecule has 104 valence electrons. The van der Waals surface area contributed by atoms with Gasteiger partial charge in [0.2, 0.25) is 0 Å². The normalized spacial score (nSPS) is 35.8. The first kappa shape index (κ1) is 13.2. The predicted octanol–water partition coefficient (Wildman–Crippen LogP) is 4.30. The highest BCUT2D eigenvalue weighted by atomic mass is 15.0. The van der Waals surface area contributed by atoms with Crippen molar-refractivity contribution in [2.24, 2.45) is 16.7 Å². The lowest BCUT2D eigenvalue weighted by molar-refractivity contribution is 0.108. The largest absolute Gasteiger partial charge is 0.309 e. The second-order valence-electron chi connectivity index (χ2n) is 7.71. The third-order valence-corrected chi connectivity index (χ3v) is 5.90. The second-order valence-corrected chi connectivity index (χ2v) is 7.71. The van der Waals surface area contributed by atoms with Crippen LogP contribution in [0.4, 0.5) is 0 Å². The van der Waals surface area contributed by atoms with E-state index in [-0.39, 0.29) is 0 Å². The Morgan fingerprint density at radius 2 is 1.84 bits per heavy atom. The van der Waals surface area contributed by atoms with Gasteiger partial charge in [0.1, 0.15) is 0 Å². The van der Waals surface area contributed by atoms with E-state index in [1.54, 1.807) is 0 Å². The zero-order valence-corrected chi connectivity index (χ0v) is 12.8. The summed E-state index contributed by atoms with van der Waals surface area (Å²) in [4.78, 5) is 0. The first-order valence-corrected chi connectivity index (χ1v) is 7.71. The molecule has 1 aromatic rings. The minimum atomic E-state index is 0.456. The van der Waals surface area contributed by atoms with Crippen molar-refractivity contribution in [1.29, 1.82) is 0 Å². The standard InChI is InChI=1S/C18H27N/c1-13-5-7-14(8-6-13)12-19-16-17(2,3)15-9-10-18(16,4)11-15/h5-8,15-16,19H,9-12H2,1-4H3. The van der Waals surface area contributed by atoms with E-state index in [2.05, 4.69) is 57.3 Å². The average molecular weight is 257 g/mol. The highest BCUT2D eigenvalue weighted by molar-refractivity contribution is 5.22. The summed E-state index contributed by atoms with van der Waals surface area (Å²) in [5, 5.41) is 3.88. The van der Waals surface area contributed by atoms with Gasteiger partial charge in [-0.2, -0.15) is 0 Å². The molecule has 2 bridgehead atoms. The molecule has 1 nitrogen and oxygen atoms in total. The molecule has 2 aliphatic rings. The lowest BCUT2D eigenvalue weighted by Crippen LogP contribution is -2.49. The number of rotatable bonds is 3. The maximum absolute atomic E-state index is 3.88. The van der Waals surface area contributed by atoms with Gasteiger partial charge >= 0.3 is 0 Å². The van der Waals surface area contributed by atoms with Crippen molar-refractivity contribution in [1.82, 2.24) is 5.32 Å². The van der Waals surface area contributed by atoms with Gasteiger partial charge in [0.25, 0.3) is 0 Å². The maximum atomic E-state index is 3.88. The average Bonchev–Trinajstić information content (AvgIpc) is 2.82. The van der Waals surface area contributed by atoms with Gasteiger partial charge in [0, 0.05) is 12.6 Å². The van der Waals surface area contributed by atoms with Crippen LogP contribution in [0.3, 0.4) is 0 Å². The molecule has 3 rings (SSSR count). The SMILES string of the molecule is Cc1ccc(CNC2C3(C)CCC(C3)C2(C)C)cc1. The van der Waals surface area contributed by atoms with Gasteiger partial charge in [0.15, 0.2) is 0 Å². The monoisotopic (exact) mass is 257 g/mol. The van der Waals surface area contributed by atoms with Crippen molar-refractivity contribution in [3.63, 3.8) is 0 Å². The summed E-state index contributed by atoms with van der Waals surface area (Å²) >= 11 is 0. The second kappa shape index (κ2) is 4.34. The summed E-state index contributed by atoms with van der Waals surface area (Å²) in [5.74, 6) is 0.924. The topological polar surface area (TPSA) is 12.0 Å². The van der Waals surface area contributed by atoms with Crippen molar-refractivity contribution in [2.45, 2.75) is 59.5 Å². The lowest BCUT2D eigenvalue weighted by Gasteiger charge is -2.43. The molecule has 0 aliphatic heterocycles. The van der Waals surface area contributed by atoms with Crippen LogP contribution in [0.2, 0.25) is 0 Å². The first-order chi connectivity index (χ1) is 8.92. The number of benzene rings is 1. The molecule has 0 amide bonds. The van der Waals surface area contributed by atoms with E-state index in [0.29, 0.717) is 16.9 Å². The van der Waals surface area contributed by atoms with Crippen LogP contribution in [-0.2, 0) is 6.54 Å². The Bertz CT molecular complexity index is 454. The summed E-state index contributed by atoms with van der Waals surface area (Å²) < 4.78 is 0. The van der Waals surface area contributed by atoms with Crippen molar-refractivity contribution in [3.8, 4) is 0 Å². The number of hydrogen-bond donors (Lipinski definition) is 1. The molecule has 2 fully saturated rings. The number of nitrogens with one attached hydrogen (secondary N) is 1. The van der Waals surface area contributed by atoms with Gasteiger partial charge in [-0.1, -0.05) is 50.6 Å². The summed E-state index contributed by atoms with van der Waals surface area (Å²) in [6.45, 7) is 10.6. The van der Waals surface area contributed by atoms with E-state index in [9.17, 15) is 0 Å². The van der Waals surface area contributed by atoms with Crippen molar-refractivity contribution < 1.29 is 0 Å². The molecular formula is C18H27N. The van der Waals surface area contributed by atoms with E-state index < -0.39 is 0 Å². The zero-order chi connectivity index (χ0) is 13.7. The van der Waals surface area contributed by atoms with Gasteiger partial charge in [0.05, 0.1) is 0 Å². The van der Waals surface area contributed by atoms with E-state index >= 15 is 0 Å². The Morgan fingerprint density at radius 3 is 2.42 bits per heavy atom. The first-order valence-electron chi connectivity index (χ1n) is 7.71. The van der Waals surface area contributed by atoms with Crippen molar-refractivity contribution >= 4 is 0 Å². The quantitative estimate of drug-likeness (QED) is 0.851. The highest BCUT2D eigenvalue weighted by Crippen LogP contribution is 2.62. The van der Waals surface area contributed by atoms with Crippen LogP contribution in [-0.4, -0.2) is 6.04 Å². The molecule has 0 spiro atoms.